The van der Waals surface area contributed by atoms with Crippen LogP contribution in [0.25, 0.3) is 0 Å². The van der Waals surface area contributed by atoms with Gasteiger partial charge in [0.05, 0.1) is 19.3 Å². The van der Waals surface area contributed by atoms with E-state index in [2.05, 4.69) is 10.0 Å². The highest BCUT2D eigenvalue weighted by atomic mass is 35.5. The fourth-order valence-electron chi connectivity index (χ4n) is 2.40. The smallest absolute Gasteiger partial charge is 0.253 e. The Bertz CT molecular complexity index is 541. The van der Waals surface area contributed by atoms with Gasteiger partial charge in [0.2, 0.25) is 0 Å². The topological polar surface area (TPSA) is 76.7 Å². The van der Waals surface area contributed by atoms with Crippen LogP contribution in [-0.2, 0) is 14.8 Å². The third-order valence-corrected chi connectivity index (χ3v) is 6.26. The number of hydrogen-bond donors (Lipinski definition) is 2. The van der Waals surface area contributed by atoms with E-state index in [1.165, 1.54) is 7.11 Å². The summed E-state index contributed by atoms with van der Waals surface area (Å²) in [6.45, 7) is 1.68. The molecule has 1 fully saturated rings. The largest absolute Gasteiger partial charge is 0.494 e. The summed E-state index contributed by atoms with van der Waals surface area (Å²) in [5, 5.41) is 5.04. The van der Waals surface area contributed by atoms with Gasteiger partial charge < -0.3 is 14.8 Å². The predicted molar refractivity (Wildman–Crippen MR) is 85.2 cm³/mol. The molecule has 1 aliphatic rings. The van der Waals surface area contributed by atoms with Crippen LogP contribution in [0.1, 0.15) is 12.8 Å². The molecule has 0 spiro atoms. The molecular weight excluding hydrogens is 336 g/mol. The number of nitrogens with one attached hydrogen (secondary N) is 2. The van der Waals surface area contributed by atoms with Crippen LogP contribution < -0.4 is 14.8 Å². The van der Waals surface area contributed by atoms with Crippen LogP contribution in [0.4, 0.5) is 0 Å². The average molecular weight is 357 g/mol. The molecule has 0 amide bonds. The summed E-state index contributed by atoms with van der Waals surface area (Å²) in [7, 11) is -0.468. The Morgan fingerprint density at radius 1 is 1.48 bits per heavy atom. The van der Waals surface area contributed by atoms with Gasteiger partial charge in [0.15, 0.2) is 4.21 Å². The Hall–Kier alpha value is -0.380. The van der Waals surface area contributed by atoms with E-state index in [-0.39, 0.29) is 22.2 Å². The Morgan fingerprint density at radius 3 is 2.81 bits per heavy atom. The average Bonchev–Trinajstić information content (AvgIpc) is 3.06. The van der Waals surface area contributed by atoms with Crippen LogP contribution >= 0.6 is 23.7 Å². The van der Waals surface area contributed by atoms with E-state index in [0.29, 0.717) is 18.9 Å². The maximum atomic E-state index is 12.3. The summed E-state index contributed by atoms with van der Waals surface area (Å²) in [5.74, 6) is 0.377. The fraction of sp³-hybridized carbons (Fsp3) is 0.667. The van der Waals surface area contributed by atoms with Crippen molar-refractivity contribution < 1.29 is 17.9 Å². The molecule has 1 aromatic rings. The van der Waals surface area contributed by atoms with E-state index in [9.17, 15) is 8.42 Å². The zero-order chi connectivity index (χ0) is 14.6. The molecule has 122 valence electrons. The lowest BCUT2D eigenvalue weighted by Crippen LogP contribution is -2.52. The molecule has 1 aliphatic heterocycles. The summed E-state index contributed by atoms with van der Waals surface area (Å²) in [5.41, 5.74) is -0.313. The third-order valence-electron chi connectivity index (χ3n) is 3.41. The molecule has 9 heteroatoms. The standard InChI is InChI=1S/C12H20N2O4S2.ClH/c1-17-9-12(5-3-6-13-12)8-14-20(15,16)11-10(18-2)4-7-19-11;/h4,7,13-14H,3,5-6,8-9H2,1-2H3;1H. The molecule has 6 nitrogen and oxygen atoms in total. The van der Waals surface area contributed by atoms with Crippen molar-refractivity contribution in [2.24, 2.45) is 0 Å². The van der Waals surface area contributed by atoms with Gasteiger partial charge in [-0.3, -0.25) is 0 Å². The highest BCUT2D eigenvalue weighted by molar-refractivity contribution is 7.91. The molecule has 1 atom stereocenters. The van der Waals surface area contributed by atoms with Crippen molar-refractivity contribution in [2.75, 3.05) is 33.9 Å². The first-order chi connectivity index (χ1) is 9.53. The lowest BCUT2D eigenvalue weighted by Gasteiger charge is -2.28. The highest BCUT2D eigenvalue weighted by Crippen LogP contribution is 2.29. The van der Waals surface area contributed by atoms with Crippen molar-refractivity contribution in [2.45, 2.75) is 22.6 Å². The Balaban J connectivity index is 0.00000220. The summed E-state index contributed by atoms with van der Waals surface area (Å²) in [6.07, 6.45) is 1.92. The molecule has 2 N–H and O–H groups in total. The van der Waals surface area contributed by atoms with Crippen molar-refractivity contribution in [1.29, 1.82) is 0 Å². The molecule has 0 aliphatic carbocycles. The second kappa shape index (κ2) is 7.75. The molecule has 0 aromatic carbocycles. The van der Waals surface area contributed by atoms with Gasteiger partial charge in [-0.2, -0.15) is 0 Å². The minimum atomic E-state index is -3.56. The fourth-order valence-corrected chi connectivity index (χ4v) is 4.85. The molecule has 0 saturated carbocycles. The third kappa shape index (κ3) is 4.30. The number of ether oxygens (including phenoxy) is 2. The van der Waals surface area contributed by atoms with Gasteiger partial charge in [-0.25, -0.2) is 13.1 Å². The van der Waals surface area contributed by atoms with Crippen molar-refractivity contribution in [3.8, 4) is 5.75 Å². The monoisotopic (exact) mass is 356 g/mol. The zero-order valence-electron chi connectivity index (χ0n) is 12.0. The molecule has 2 heterocycles. The van der Waals surface area contributed by atoms with E-state index < -0.39 is 10.0 Å². The number of hydrogen-bond acceptors (Lipinski definition) is 6. The van der Waals surface area contributed by atoms with Crippen LogP contribution in [0.5, 0.6) is 5.75 Å². The van der Waals surface area contributed by atoms with Gasteiger partial charge in [0, 0.05) is 13.7 Å². The Morgan fingerprint density at radius 2 is 2.24 bits per heavy atom. The van der Waals surface area contributed by atoms with Gasteiger partial charge in [-0.1, -0.05) is 0 Å². The molecule has 2 rings (SSSR count). The van der Waals surface area contributed by atoms with E-state index in [1.54, 1.807) is 18.6 Å². The molecular formula is C12H21ClN2O4S2. The quantitative estimate of drug-likeness (QED) is 0.768. The van der Waals surface area contributed by atoms with E-state index >= 15 is 0 Å². The summed E-state index contributed by atoms with van der Waals surface area (Å²) in [4.78, 5) is 0. The Kier molecular flexibility index (Phi) is 6.89. The summed E-state index contributed by atoms with van der Waals surface area (Å²) in [6, 6.07) is 1.65. The summed E-state index contributed by atoms with van der Waals surface area (Å²) >= 11 is 1.15. The number of thiophene rings is 1. The number of halogens is 1. The second-order valence-corrected chi connectivity index (χ2v) is 7.72. The van der Waals surface area contributed by atoms with Crippen molar-refractivity contribution in [3.63, 3.8) is 0 Å². The SMILES string of the molecule is COCC1(CNS(=O)(=O)c2sccc2OC)CCCN1.Cl. The van der Waals surface area contributed by atoms with Gasteiger partial charge in [0.1, 0.15) is 5.75 Å². The first-order valence-electron chi connectivity index (χ1n) is 6.38. The molecule has 1 unspecified atom stereocenters. The van der Waals surface area contributed by atoms with Crippen molar-refractivity contribution in [1.82, 2.24) is 10.0 Å². The van der Waals surface area contributed by atoms with Gasteiger partial charge in [-0.05, 0) is 30.8 Å². The maximum absolute atomic E-state index is 12.3. The highest BCUT2D eigenvalue weighted by Gasteiger charge is 2.35. The summed E-state index contributed by atoms with van der Waals surface area (Å²) < 4.78 is 37.8. The van der Waals surface area contributed by atoms with E-state index in [4.69, 9.17) is 9.47 Å². The van der Waals surface area contributed by atoms with Crippen molar-refractivity contribution in [3.05, 3.63) is 11.4 Å². The number of sulfonamides is 1. The Labute approximate surface area is 135 Å². The maximum Gasteiger partial charge on any atom is 0.253 e. The molecule has 21 heavy (non-hydrogen) atoms. The first kappa shape index (κ1) is 18.7. The number of methoxy groups -OCH3 is 2. The normalized spacial score (nSPS) is 22.0. The molecule has 1 aromatic heterocycles. The zero-order valence-corrected chi connectivity index (χ0v) is 14.5. The minimum Gasteiger partial charge on any atom is -0.494 e. The van der Waals surface area contributed by atoms with E-state index in [1.807, 2.05) is 0 Å². The molecule has 0 bridgehead atoms. The van der Waals surface area contributed by atoms with Gasteiger partial charge in [0.25, 0.3) is 10.0 Å². The van der Waals surface area contributed by atoms with Crippen LogP contribution in [0.15, 0.2) is 15.7 Å². The van der Waals surface area contributed by atoms with Gasteiger partial charge in [-0.15, -0.1) is 23.7 Å². The minimum absolute atomic E-state index is 0. The van der Waals surface area contributed by atoms with Crippen LogP contribution in [0, 0.1) is 0 Å². The van der Waals surface area contributed by atoms with Crippen LogP contribution in [0.3, 0.4) is 0 Å². The lowest BCUT2D eigenvalue weighted by atomic mass is 9.99. The molecule has 1 saturated heterocycles. The van der Waals surface area contributed by atoms with Crippen LogP contribution in [-0.4, -0.2) is 47.9 Å². The predicted octanol–water partition coefficient (Wildman–Crippen LogP) is 1.23. The lowest BCUT2D eigenvalue weighted by molar-refractivity contribution is 0.122. The van der Waals surface area contributed by atoms with Crippen LogP contribution in [0.2, 0.25) is 0 Å². The van der Waals surface area contributed by atoms with Crippen molar-refractivity contribution >= 4 is 33.8 Å². The molecule has 0 radical (unpaired) electrons. The first-order valence-corrected chi connectivity index (χ1v) is 8.74. The van der Waals surface area contributed by atoms with E-state index in [0.717, 1.165) is 30.7 Å². The number of rotatable bonds is 7. The second-order valence-electron chi connectivity index (χ2n) is 4.84. The van der Waals surface area contributed by atoms with Gasteiger partial charge >= 0.3 is 0 Å².